The average molecular weight is 297 g/mol. The molecular weight excluding hydrogens is 284 g/mol. The van der Waals surface area contributed by atoms with Crippen LogP contribution in [0.3, 0.4) is 0 Å². The molecule has 0 spiro atoms. The molecule has 0 unspecified atom stereocenters. The van der Waals surface area contributed by atoms with Gasteiger partial charge in [-0.2, -0.15) is 0 Å². The number of hydrogen-bond donors (Lipinski definition) is 1. The second kappa shape index (κ2) is 6.30. The summed E-state index contributed by atoms with van der Waals surface area (Å²) in [5.74, 6) is -0.589. The number of nitrogens with zero attached hydrogens (tertiary/aromatic N) is 2. The van der Waals surface area contributed by atoms with Crippen LogP contribution in [0.4, 0.5) is 14.6 Å². The van der Waals surface area contributed by atoms with Gasteiger partial charge in [-0.25, -0.2) is 13.8 Å². The van der Waals surface area contributed by atoms with Crippen molar-refractivity contribution in [3.05, 3.63) is 78.3 Å². The Morgan fingerprint density at radius 2 is 1.64 bits per heavy atom. The van der Waals surface area contributed by atoms with E-state index in [2.05, 4.69) is 15.3 Å². The van der Waals surface area contributed by atoms with E-state index >= 15 is 0 Å². The van der Waals surface area contributed by atoms with E-state index in [0.29, 0.717) is 5.82 Å². The summed E-state index contributed by atoms with van der Waals surface area (Å²) in [6.07, 6.45) is 5.14. The highest BCUT2D eigenvalue weighted by Gasteiger charge is 2.08. The third-order valence-corrected chi connectivity index (χ3v) is 3.27. The summed E-state index contributed by atoms with van der Waals surface area (Å²) in [5, 5.41) is 2.91. The van der Waals surface area contributed by atoms with Crippen LogP contribution in [0, 0.1) is 11.6 Å². The van der Waals surface area contributed by atoms with E-state index in [1.54, 1.807) is 24.7 Å². The Morgan fingerprint density at radius 1 is 0.864 bits per heavy atom. The maximum atomic E-state index is 13.5. The number of pyridine rings is 2. The lowest BCUT2D eigenvalue weighted by molar-refractivity contribution is 0.560. The molecule has 0 fully saturated rings. The van der Waals surface area contributed by atoms with Crippen LogP contribution in [0.5, 0.6) is 0 Å². The average Bonchev–Trinajstić information content (AvgIpc) is 2.56. The number of rotatable bonds is 4. The zero-order valence-corrected chi connectivity index (χ0v) is 11.6. The van der Waals surface area contributed by atoms with Gasteiger partial charge >= 0.3 is 0 Å². The number of halogens is 2. The third kappa shape index (κ3) is 3.09. The summed E-state index contributed by atoms with van der Waals surface area (Å²) >= 11 is 0. The molecule has 22 heavy (non-hydrogen) atoms. The second-order valence-electron chi connectivity index (χ2n) is 4.73. The molecule has 2 heterocycles. The third-order valence-electron chi connectivity index (χ3n) is 3.27. The summed E-state index contributed by atoms with van der Waals surface area (Å²) < 4.78 is 27.1. The molecule has 1 aromatic carbocycles. The van der Waals surface area contributed by atoms with Gasteiger partial charge in [0.15, 0.2) is 0 Å². The van der Waals surface area contributed by atoms with Gasteiger partial charge in [0.25, 0.3) is 0 Å². The standard InChI is InChI=1S/C17H13F2N3/c18-15-4-1-5-16(19)14(15)11-22-17-7-6-13(10-21-17)12-3-2-8-20-9-12/h1-10H,11H2,(H,21,22). The molecule has 2 aromatic heterocycles. The molecule has 0 aliphatic heterocycles. The summed E-state index contributed by atoms with van der Waals surface area (Å²) in [6.45, 7) is 0.0394. The van der Waals surface area contributed by atoms with Gasteiger partial charge in [0, 0.05) is 41.8 Å². The lowest BCUT2D eigenvalue weighted by atomic mass is 10.1. The molecule has 0 atom stereocenters. The van der Waals surface area contributed by atoms with Crippen LogP contribution in [0.2, 0.25) is 0 Å². The van der Waals surface area contributed by atoms with Gasteiger partial charge in [-0.15, -0.1) is 0 Å². The van der Waals surface area contributed by atoms with Crippen LogP contribution in [-0.4, -0.2) is 9.97 Å². The minimum atomic E-state index is -0.570. The Balaban J connectivity index is 1.72. The lowest BCUT2D eigenvalue weighted by Crippen LogP contribution is -2.05. The van der Waals surface area contributed by atoms with Crippen molar-refractivity contribution < 1.29 is 8.78 Å². The summed E-state index contributed by atoms with van der Waals surface area (Å²) in [7, 11) is 0. The minimum absolute atomic E-state index is 0.000589. The lowest BCUT2D eigenvalue weighted by Gasteiger charge is -2.08. The molecular formula is C17H13F2N3. The van der Waals surface area contributed by atoms with E-state index in [4.69, 9.17) is 0 Å². The van der Waals surface area contributed by atoms with Crippen molar-refractivity contribution in [1.29, 1.82) is 0 Å². The minimum Gasteiger partial charge on any atom is -0.366 e. The van der Waals surface area contributed by atoms with Gasteiger partial charge < -0.3 is 5.32 Å². The predicted octanol–water partition coefficient (Wildman–Crippen LogP) is 4.03. The number of nitrogens with one attached hydrogen (secondary N) is 1. The van der Waals surface area contributed by atoms with Crippen LogP contribution in [0.25, 0.3) is 11.1 Å². The fraction of sp³-hybridized carbons (Fsp3) is 0.0588. The van der Waals surface area contributed by atoms with Gasteiger partial charge in [-0.1, -0.05) is 12.1 Å². The number of anilines is 1. The van der Waals surface area contributed by atoms with E-state index in [1.807, 2.05) is 18.2 Å². The van der Waals surface area contributed by atoms with E-state index in [-0.39, 0.29) is 12.1 Å². The Hall–Kier alpha value is -2.82. The van der Waals surface area contributed by atoms with Crippen molar-refractivity contribution in [3.8, 4) is 11.1 Å². The quantitative estimate of drug-likeness (QED) is 0.790. The maximum Gasteiger partial charge on any atom is 0.131 e. The van der Waals surface area contributed by atoms with Crippen molar-refractivity contribution in [1.82, 2.24) is 9.97 Å². The first-order valence-electron chi connectivity index (χ1n) is 6.77. The van der Waals surface area contributed by atoms with Crippen LogP contribution >= 0.6 is 0 Å². The fourth-order valence-electron chi connectivity index (χ4n) is 2.08. The number of benzene rings is 1. The summed E-state index contributed by atoms with van der Waals surface area (Å²) in [6, 6.07) is 11.2. The largest absolute Gasteiger partial charge is 0.366 e. The Labute approximate surface area is 126 Å². The topological polar surface area (TPSA) is 37.8 Å². The van der Waals surface area contributed by atoms with Crippen LogP contribution in [0.1, 0.15) is 5.56 Å². The molecule has 0 saturated carbocycles. The normalized spacial score (nSPS) is 10.5. The van der Waals surface area contributed by atoms with Crippen molar-refractivity contribution in [2.24, 2.45) is 0 Å². The van der Waals surface area contributed by atoms with E-state index < -0.39 is 11.6 Å². The highest BCUT2D eigenvalue weighted by Crippen LogP contribution is 2.19. The predicted molar refractivity (Wildman–Crippen MR) is 81.2 cm³/mol. The zero-order chi connectivity index (χ0) is 15.4. The van der Waals surface area contributed by atoms with Gasteiger partial charge in [-0.3, -0.25) is 4.98 Å². The zero-order valence-electron chi connectivity index (χ0n) is 11.6. The van der Waals surface area contributed by atoms with Gasteiger partial charge in [0.05, 0.1) is 0 Å². The Bertz CT molecular complexity index is 738. The second-order valence-corrected chi connectivity index (χ2v) is 4.73. The van der Waals surface area contributed by atoms with E-state index in [1.165, 1.54) is 18.2 Å². The van der Waals surface area contributed by atoms with Gasteiger partial charge in [0.1, 0.15) is 17.5 Å². The fourth-order valence-corrected chi connectivity index (χ4v) is 2.08. The van der Waals surface area contributed by atoms with Crippen molar-refractivity contribution in [3.63, 3.8) is 0 Å². The number of hydrogen-bond acceptors (Lipinski definition) is 3. The van der Waals surface area contributed by atoms with E-state index in [0.717, 1.165) is 11.1 Å². The van der Waals surface area contributed by atoms with Crippen LogP contribution in [-0.2, 0) is 6.54 Å². The monoisotopic (exact) mass is 297 g/mol. The summed E-state index contributed by atoms with van der Waals surface area (Å²) in [5.41, 5.74) is 1.89. The van der Waals surface area contributed by atoms with Crippen molar-refractivity contribution in [2.45, 2.75) is 6.54 Å². The van der Waals surface area contributed by atoms with Crippen molar-refractivity contribution >= 4 is 5.82 Å². The molecule has 0 aliphatic rings. The Morgan fingerprint density at radius 3 is 2.27 bits per heavy atom. The van der Waals surface area contributed by atoms with Crippen LogP contribution < -0.4 is 5.32 Å². The van der Waals surface area contributed by atoms with Crippen molar-refractivity contribution in [2.75, 3.05) is 5.32 Å². The highest BCUT2D eigenvalue weighted by molar-refractivity contribution is 5.62. The molecule has 3 aromatic rings. The highest BCUT2D eigenvalue weighted by atomic mass is 19.1. The first-order chi connectivity index (χ1) is 10.7. The summed E-state index contributed by atoms with van der Waals surface area (Å²) in [4.78, 5) is 8.30. The van der Waals surface area contributed by atoms with Crippen LogP contribution in [0.15, 0.2) is 61.1 Å². The van der Waals surface area contributed by atoms with Gasteiger partial charge in [0.2, 0.25) is 0 Å². The molecule has 1 N–H and O–H groups in total. The SMILES string of the molecule is Fc1cccc(F)c1CNc1ccc(-c2cccnc2)cn1. The first-order valence-corrected chi connectivity index (χ1v) is 6.77. The Kier molecular flexibility index (Phi) is 4.05. The number of aromatic nitrogens is 2. The maximum absolute atomic E-state index is 13.5. The molecule has 0 amide bonds. The van der Waals surface area contributed by atoms with Gasteiger partial charge in [-0.05, 0) is 30.3 Å². The van der Waals surface area contributed by atoms with E-state index in [9.17, 15) is 8.78 Å². The molecule has 3 nitrogen and oxygen atoms in total. The molecule has 5 heteroatoms. The molecule has 0 radical (unpaired) electrons. The molecule has 0 aliphatic carbocycles. The molecule has 3 rings (SSSR count). The molecule has 0 bridgehead atoms. The molecule has 0 saturated heterocycles. The molecule has 110 valence electrons. The smallest absolute Gasteiger partial charge is 0.131 e. The first kappa shape index (κ1) is 14.1.